The standard InChI is InChI=1S/C13H27N3O2/c1-5-13(4,14)11(17)16-8-6-15(7-9-16)10-12(2,3)18/h18H,5-10,14H2,1-4H3. The Labute approximate surface area is 110 Å². The molecule has 1 aliphatic heterocycles. The van der Waals surface area contributed by atoms with E-state index in [2.05, 4.69) is 4.90 Å². The van der Waals surface area contributed by atoms with Gasteiger partial charge in [0.1, 0.15) is 0 Å². The molecule has 1 atom stereocenters. The van der Waals surface area contributed by atoms with Gasteiger partial charge < -0.3 is 15.7 Å². The van der Waals surface area contributed by atoms with E-state index < -0.39 is 11.1 Å². The molecule has 1 aliphatic rings. The predicted octanol–water partition coefficient (Wildman–Crippen LogP) is 0.0289. The van der Waals surface area contributed by atoms with E-state index in [1.54, 1.807) is 20.8 Å². The van der Waals surface area contributed by atoms with Gasteiger partial charge in [0.05, 0.1) is 11.1 Å². The van der Waals surface area contributed by atoms with Crippen LogP contribution in [0.25, 0.3) is 0 Å². The molecule has 1 saturated heterocycles. The van der Waals surface area contributed by atoms with E-state index >= 15 is 0 Å². The zero-order valence-corrected chi connectivity index (χ0v) is 12.1. The number of β-amino-alcohol motifs (C(OH)–C–C–N with tert-alkyl or cyclic N) is 1. The highest BCUT2D eigenvalue weighted by Gasteiger charge is 2.33. The molecule has 18 heavy (non-hydrogen) atoms. The van der Waals surface area contributed by atoms with Crippen LogP contribution in [0.1, 0.15) is 34.1 Å². The quantitative estimate of drug-likeness (QED) is 0.745. The minimum Gasteiger partial charge on any atom is -0.389 e. The molecule has 0 aromatic rings. The molecule has 106 valence electrons. The van der Waals surface area contributed by atoms with Crippen molar-refractivity contribution < 1.29 is 9.90 Å². The molecule has 1 amide bonds. The maximum Gasteiger partial charge on any atom is 0.242 e. The van der Waals surface area contributed by atoms with Crippen molar-refractivity contribution in [1.82, 2.24) is 9.80 Å². The fraction of sp³-hybridized carbons (Fsp3) is 0.923. The number of hydrogen-bond acceptors (Lipinski definition) is 4. The Kier molecular flexibility index (Phi) is 4.75. The second kappa shape index (κ2) is 5.55. The number of carbonyl (C=O) groups excluding carboxylic acids is 1. The van der Waals surface area contributed by atoms with Gasteiger partial charge in [-0.15, -0.1) is 0 Å². The fourth-order valence-corrected chi connectivity index (χ4v) is 2.17. The van der Waals surface area contributed by atoms with Crippen LogP contribution in [0.5, 0.6) is 0 Å². The van der Waals surface area contributed by atoms with Crippen LogP contribution >= 0.6 is 0 Å². The van der Waals surface area contributed by atoms with E-state index in [0.717, 1.165) is 13.1 Å². The van der Waals surface area contributed by atoms with Gasteiger partial charge in [0, 0.05) is 32.7 Å². The van der Waals surface area contributed by atoms with E-state index in [4.69, 9.17) is 5.73 Å². The van der Waals surface area contributed by atoms with Crippen LogP contribution in [-0.4, -0.2) is 64.7 Å². The molecule has 1 unspecified atom stereocenters. The molecule has 0 bridgehead atoms. The topological polar surface area (TPSA) is 69.8 Å². The lowest BCUT2D eigenvalue weighted by molar-refractivity contribution is -0.138. The minimum atomic E-state index is -0.752. The van der Waals surface area contributed by atoms with Gasteiger partial charge in [-0.1, -0.05) is 6.92 Å². The lowest BCUT2D eigenvalue weighted by atomic mass is 9.98. The van der Waals surface area contributed by atoms with Crippen LogP contribution in [0, 0.1) is 0 Å². The second-order valence-electron chi connectivity index (χ2n) is 6.15. The van der Waals surface area contributed by atoms with Crippen molar-refractivity contribution in [1.29, 1.82) is 0 Å². The Balaban J connectivity index is 2.47. The summed E-state index contributed by atoms with van der Waals surface area (Å²) in [6, 6.07) is 0. The van der Waals surface area contributed by atoms with Crippen molar-refractivity contribution in [2.75, 3.05) is 32.7 Å². The van der Waals surface area contributed by atoms with Crippen LogP contribution in [0.2, 0.25) is 0 Å². The molecule has 0 spiro atoms. The van der Waals surface area contributed by atoms with Crippen LogP contribution in [-0.2, 0) is 4.79 Å². The summed E-state index contributed by atoms with van der Waals surface area (Å²) in [5.74, 6) is 0.0351. The molecule has 5 nitrogen and oxygen atoms in total. The molecular formula is C13H27N3O2. The highest BCUT2D eigenvalue weighted by atomic mass is 16.3. The van der Waals surface area contributed by atoms with Gasteiger partial charge in [-0.25, -0.2) is 0 Å². The van der Waals surface area contributed by atoms with Crippen LogP contribution < -0.4 is 5.73 Å². The Bertz CT molecular complexity index is 289. The summed E-state index contributed by atoms with van der Waals surface area (Å²) < 4.78 is 0. The Morgan fingerprint density at radius 2 is 1.72 bits per heavy atom. The zero-order valence-electron chi connectivity index (χ0n) is 12.1. The van der Waals surface area contributed by atoms with Gasteiger partial charge in [-0.2, -0.15) is 0 Å². The first-order valence-corrected chi connectivity index (χ1v) is 6.69. The first kappa shape index (κ1) is 15.4. The summed E-state index contributed by atoms with van der Waals surface area (Å²) in [6.45, 7) is 11.0. The first-order chi connectivity index (χ1) is 8.15. The molecule has 1 rings (SSSR count). The summed E-state index contributed by atoms with van der Waals surface area (Å²) in [5, 5.41) is 9.77. The average Bonchev–Trinajstić information content (AvgIpc) is 2.27. The van der Waals surface area contributed by atoms with Gasteiger partial charge in [0.25, 0.3) is 0 Å². The van der Waals surface area contributed by atoms with Gasteiger partial charge in [0.2, 0.25) is 5.91 Å². The van der Waals surface area contributed by atoms with Crippen LogP contribution in [0.3, 0.4) is 0 Å². The molecule has 0 radical (unpaired) electrons. The number of piperazine rings is 1. The van der Waals surface area contributed by atoms with Crippen molar-refractivity contribution in [2.24, 2.45) is 5.73 Å². The lowest BCUT2D eigenvalue weighted by Crippen LogP contribution is -2.59. The van der Waals surface area contributed by atoms with Gasteiger partial charge in [0.15, 0.2) is 0 Å². The zero-order chi connectivity index (χ0) is 14.0. The van der Waals surface area contributed by atoms with Crippen LogP contribution in [0.4, 0.5) is 0 Å². The van der Waals surface area contributed by atoms with Crippen molar-refractivity contribution in [3.63, 3.8) is 0 Å². The number of nitrogens with zero attached hydrogens (tertiary/aromatic N) is 2. The fourth-order valence-electron chi connectivity index (χ4n) is 2.17. The van der Waals surface area contributed by atoms with Crippen molar-refractivity contribution in [3.05, 3.63) is 0 Å². The molecule has 0 aliphatic carbocycles. The van der Waals surface area contributed by atoms with Crippen molar-refractivity contribution in [3.8, 4) is 0 Å². The maximum atomic E-state index is 12.2. The normalized spacial score (nSPS) is 21.8. The van der Waals surface area contributed by atoms with Crippen molar-refractivity contribution >= 4 is 5.91 Å². The maximum absolute atomic E-state index is 12.2. The van der Waals surface area contributed by atoms with E-state index in [1.807, 2.05) is 11.8 Å². The monoisotopic (exact) mass is 257 g/mol. The summed E-state index contributed by atoms with van der Waals surface area (Å²) >= 11 is 0. The molecule has 0 aromatic heterocycles. The average molecular weight is 257 g/mol. The second-order valence-corrected chi connectivity index (χ2v) is 6.15. The van der Waals surface area contributed by atoms with E-state index in [9.17, 15) is 9.90 Å². The molecule has 0 saturated carbocycles. The number of carbonyl (C=O) groups is 1. The Morgan fingerprint density at radius 3 is 2.11 bits per heavy atom. The Hall–Kier alpha value is -0.650. The highest BCUT2D eigenvalue weighted by molar-refractivity contribution is 5.85. The number of aliphatic hydroxyl groups is 1. The van der Waals surface area contributed by atoms with Gasteiger partial charge in [-0.05, 0) is 27.2 Å². The summed E-state index contributed by atoms with van der Waals surface area (Å²) in [7, 11) is 0. The molecule has 3 N–H and O–H groups in total. The number of rotatable bonds is 4. The highest BCUT2D eigenvalue weighted by Crippen LogP contribution is 2.14. The van der Waals surface area contributed by atoms with E-state index in [1.165, 1.54) is 0 Å². The predicted molar refractivity (Wildman–Crippen MR) is 72.2 cm³/mol. The Morgan fingerprint density at radius 1 is 1.22 bits per heavy atom. The van der Waals surface area contributed by atoms with Gasteiger partial charge >= 0.3 is 0 Å². The first-order valence-electron chi connectivity index (χ1n) is 6.69. The number of hydrogen-bond donors (Lipinski definition) is 2. The number of nitrogens with two attached hydrogens (primary N) is 1. The summed E-state index contributed by atoms with van der Waals surface area (Å²) in [5.41, 5.74) is 4.55. The van der Waals surface area contributed by atoms with Gasteiger partial charge in [-0.3, -0.25) is 9.69 Å². The van der Waals surface area contributed by atoms with E-state index in [-0.39, 0.29) is 5.91 Å². The van der Waals surface area contributed by atoms with E-state index in [0.29, 0.717) is 26.1 Å². The largest absolute Gasteiger partial charge is 0.389 e. The lowest BCUT2D eigenvalue weighted by Gasteiger charge is -2.39. The smallest absolute Gasteiger partial charge is 0.242 e. The third-order valence-electron chi connectivity index (χ3n) is 3.49. The molecule has 1 heterocycles. The number of amides is 1. The summed E-state index contributed by atoms with van der Waals surface area (Å²) in [6.07, 6.45) is 0.649. The third kappa shape index (κ3) is 4.23. The molecule has 5 heteroatoms. The van der Waals surface area contributed by atoms with Crippen molar-refractivity contribution in [2.45, 2.75) is 45.3 Å². The molecular weight excluding hydrogens is 230 g/mol. The van der Waals surface area contributed by atoms with Crippen LogP contribution in [0.15, 0.2) is 0 Å². The molecule has 0 aromatic carbocycles. The SMILES string of the molecule is CCC(C)(N)C(=O)N1CCN(CC(C)(C)O)CC1. The minimum absolute atomic E-state index is 0.0351. The third-order valence-corrected chi connectivity index (χ3v) is 3.49. The molecule has 1 fully saturated rings. The summed E-state index contributed by atoms with van der Waals surface area (Å²) in [4.78, 5) is 16.2.